The van der Waals surface area contributed by atoms with E-state index in [4.69, 9.17) is 9.73 Å². The van der Waals surface area contributed by atoms with Gasteiger partial charge in [-0.15, -0.1) is 24.0 Å². The van der Waals surface area contributed by atoms with Crippen LogP contribution in [0, 0.1) is 0 Å². The molecule has 0 aromatic heterocycles. The summed E-state index contributed by atoms with van der Waals surface area (Å²) in [6, 6.07) is 0. The van der Waals surface area contributed by atoms with Crippen molar-refractivity contribution in [2.24, 2.45) is 4.99 Å². The fourth-order valence-corrected chi connectivity index (χ4v) is 3.98. The van der Waals surface area contributed by atoms with Gasteiger partial charge in [-0.25, -0.2) is 0 Å². The molecular weight excluding hydrogens is 433 g/mol. The lowest BCUT2D eigenvalue weighted by Crippen LogP contribution is -2.41. The highest BCUT2D eigenvalue weighted by molar-refractivity contribution is 14.0. The van der Waals surface area contributed by atoms with Gasteiger partial charge in [0, 0.05) is 31.1 Å². The topological polar surface area (TPSA) is 45.7 Å². The van der Waals surface area contributed by atoms with Gasteiger partial charge in [0.05, 0.1) is 6.54 Å². The molecule has 2 aliphatic rings. The summed E-state index contributed by atoms with van der Waals surface area (Å²) in [6.45, 7) is 6.62. The van der Waals surface area contributed by atoms with Crippen LogP contribution in [-0.2, 0) is 4.74 Å². The Balaban J connectivity index is 0.00000288. The van der Waals surface area contributed by atoms with Crippen molar-refractivity contribution in [2.75, 3.05) is 39.1 Å². The molecule has 2 N–H and O–H groups in total. The Morgan fingerprint density at radius 3 is 2.71 bits per heavy atom. The summed E-state index contributed by atoms with van der Waals surface area (Å²) in [5.74, 6) is 0.962. The minimum absolute atomic E-state index is 0. The zero-order chi connectivity index (χ0) is 16.4. The number of hydrogen-bond acceptors (Lipinski definition) is 3. The maximum absolute atomic E-state index is 5.51. The van der Waals surface area contributed by atoms with Crippen molar-refractivity contribution in [2.45, 2.75) is 56.6 Å². The Morgan fingerprint density at radius 1 is 1.29 bits per heavy atom. The summed E-state index contributed by atoms with van der Waals surface area (Å²) < 4.78 is 5.77. The van der Waals surface area contributed by atoms with Gasteiger partial charge >= 0.3 is 0 Å². The van der Waals surface area contributed by atoms with Gasteiger partial charge < -0.3 is 15.4 Å². The Morgan fingerprint density at radius 2 is 2.08 bits per heavy atom. The molecular formula is C18H34IN3OS. The summed E-state index contributed by atoms with van der Waals surface area (Å²) in [5.41, 5.74) is 1.62. The number of halogens is 1. The number of allylic oxidation sites excluding steroid dienone is 1. The quantitative estimate of drug-likeness (QED) is 0.258. The van der Waals surface area contributed by atoms with Crippen LogP contribution in [0.3, 0.4) is 0 Å². The Labute approximate surface area is 169 Å². The number of aliphatic imine (C=N–C) groups is 1. The third kappa shape index (κ3) is 7.52. The van der Waals surface area contributed by atoms with Gasteiger partial charge in [0.15, 0.2) is 5.96 Å². The molecule has 0 atom stereocenters. The van der Waals surface area contributed by atoms with E-state index in [0.717, 1.165) is 58.1 Å². The summed E-state index contributed by atoms with van der Waals surface area (Å²) in [5, 5.41) is 6.89. The lowest BCUT2D eigenvalue weighted by Gasteiger charge is -2.34. The molecule has 0 amide bonds. The third-order valence-electron chi connectivity index (χ3n) is 4.83. The highest BCUT2D eigenvalue weighted by Crippen LogP contribution is 2.33. The summed E-state index contributed by atoms with van der Waals surface area (Å²) >= 11 is 1.95. The number of ether oxygens (including phenoxy) is 1. The van der Waals surface area contributed by atoms with Crippen LogP contribution in [0.25, 0.3) is 0 Å². The van der Waals surface area contributed by atoms with Gasteiger partial charge in [0.25, 0.3) is 0 Å². The summed E-state index contributed by atoms with van der Waals surface area (Å²) in [4.78, 5) is 4.86. The van der Waals surface area contributed by atoms with E-state index >= 15 is 0 Å². The molecule has 2 rings (SSSR count). The van der Waals surface area contributed by atoms with E-state index < -0.39 is 0 Å². The van der Waals surface area contributed by atoms with Crippen LogP contribution in [0.2, 0.25) is 0 Å². The van der Waals surface area contributed by atoms with Crippen molar-refractivity contribution in [3.8, 4) is 0 Å². The molecule has 1 heterocycles. The standard InChI is InChI=1S/C18H33N3OS.HI/c1-3-19-17(20-12-9-16-7-5-4-6-8-16)21-15-18(23-2)10-13-22-14-11-18;/h7H,3-6,8-15H2,1-2H3,(H2,19,20,21);1H. The lowest BCUT2D eigenvalue weighted by atomic mass is 9.97. The molecule has 0 radical (unpaired) electrons. The molecule has 0 bridgehead atoms. The monoisotopic (exact) mass is 467 g/mol. The Kier molecular flexibility index (Phi) is 11.4. The van der Waals surface area contributed by atoms with Crippen LogP contribution < -0.4 is 10.6 Å². The van der Waals surface area contributed by atoms with Gasteiger partial charge in [0.2, 0.25) is 0 Å². The van der Waals surface area contributed by atoms with Crippen molar-refractivity contribution in [3.63, 3.8) is 0 Å². The van der Waals surface area contributed by atoms with Crippen LogP contribution >= 0.6 is 35.7 Å². The number of hydrogen-bond donors (Lipinski definition) is 2. The van der Waals surface area contributed by atoms with Crippen molar-refractivity contribution in [1.29, 1.82) is 0 Å². The maximum Gasteiger partial charge on any atom is 0.191 e. The molecule has 0 aromatic rings. The first kappa shape index (κ1) is 22.1. The minimum Gasteiger partial charge on any atom is -0.381 e. The number of nitrogens with zero attached hydrogens (tertiary/aromatic N) is 1. The van der Waals surface area contributed by atoms with Crippen molar-refractivity contribution in [3.05, 3.63) is 11.6 Å². The van der Waals surface area contributed by atoms with E-state index in [1.807, 2.05) is 11.8 Å². The molecule has 1 fully saturated rings. The molecule has 1 aliphatic carbocycles. The smallest absolute Gasteiger partial charge is 0.191 e. The largest absolute Gasteiger partial charge is 0.381 e. The van der Waals surface area contributed by atoms with E-state index in [0.29, 0.717) is 0 Å². The first-order valence-corrected chi connectivity index (χ1v) is 10.3. The number of guanidine groups is 1. The average Bonchev–Trinajstić information content (AvgIpc) is 2.61. The van der Waals surface area contributed by atoms with Crippen LogP contribution in [0.1, 0.15) is 51.9 Å². The zero-order valence-corrected chi connectivity index (χ0v) is 18.4. The molecule has 140 valence electrons. The lowest BCUT2D eigenvalue weighted by molar-refractivity contribution is 0.0794. The van der Waals surface area contributed by atoms with Crippen LogP contribution in [0.5, 0.6) is 0 Å². The molecule has 0 saturated carbocycles. The highest BCUT2D eigenvalue weighted by atomic mass is 127. The third-order valence-corrected chi connectivity index (χ3v) is 6.23. The van der Waals surface area contributed by atoms with Gasteiger partial charge in [-0.3, -0.25) is 4.99 Å². The molecule has 6 heteroatoms. The second-order valence-electron chi connectivity index (χ2n) is 6.48. The second kappa shape index (κ2) is 12.4. The molecule has 0 spiro atoms. The molecule has 24 heavy (non-hydrogen) atoms. The predicted molar refractivity (Wildman–Crippen MR) is 117 cm³/mol. The molecule has 0 unspecified atom stereocenters. The first-order valence-electron chi connectivity index (χ1n) is 9.11. The Bertz CT molecular complexity index is 409. The maximum atomic E-state index is 5.51. The second-order valence-corrected chi connectivity index (χ2v) is 7.75. The minimum atomic E-state index is 0. The Hall–Kier alpha value is 0.0500. The van der Waals surface area contributed by atoms with Gasteiger partial charge in [0.1, 0.15) is 0 Å². The molecule has 1 saturated heterocycles. The first-order chi connectivity index (χ1) is 11.3. The van der Waals surface area contributed by atoms with E-state index in [-0.39, 0.29) is 28.7 Å². The summed E-state index contributed by atoms with van der Waals surface area (Å²) in [7, 11) is 0. The molecule has 1 aliphatic heterocycles. The van der Waals surface area contributed by atoms with Crippen molar-refractivity contribution in [1.82, 2.24) is 10.6 Å². The normalized spacial score (nSPS) is 20.8. The number of thioether (sulfide) groups is 1. The molecule has 0 aromatic carbocycles. The van der Waals surface area contributed by atoms with E-state index in [2.05, 4.69) is 29.9 Å². The fourth-order valence-electron chi connectivity index (χ4n) is 3.21. The number of nitrogens with one attached hydrogen (secondary N) is 2. The number of rotatable bonds is 7. The van der Waals surface area contributed by atoms with Crippen LogP contribution in [-0.4, -0.2) is 49.8 Å². The van der Waals surface area contributed by atoms with Gasteiger partial charge in [-0.05, 0) is 58.1 Å². The average molecular weight is 467 g/mol. The fraction of sp³-hybridized carbons (Fsp3) is 0.833. The van der Waals surface area contributed by atoms with Gasteiger partial charge in [-0.2, -0.15) is 11.8 Å². The van der Waals surface area contributed by atoms with Crippen LogP contribution in [0.4, 0.5) is 0 Å². The van der Waals surface area contributed by atoms with Crippen molar-refractivity contribution < 1.29 is 4.74 Å². The summed E-state index contributed by atoms with van der Waals surface area (Å²) in [6.07, 6.45) is 13.3. The zero-order valence-electron chi connectivity index (χ0n) is 15.2. The van der Waals surface area contributed by atoms with E-state index in [9.17, 15) is 0 Å². The van der Waals surface area contributed by atoms with Gasteiger partial charge in [-0.1, -0.05) is 11.6 Å². The SMILES string of the molecule is CCNC(=NCC1(SC)CCOCC1)NCCC1=CCCCC1.I. The highest BCUT2D eigenvalue weighted by Gasteiger charge is 2.31. The van der Waals surface area contributed by atoms with Crippen LogP contribution in [0.15, 0.2) is 16.6 Å². The molecule has 4 nitrogen and oxygen atoms in total. The predicted octanol–water partition coefficient (Wildman–Crippen LogP) is 3.96. The van der Waals surface area contributed by atoms with E-state index in [1.165, 1.54) is 25.7 Å². The van der Waals surface area contributed by atoms with E-state index in [1.54, 1.807) is 5.57 Å². The van der Waals surface area contributed by atoms with Crippen molar-refractivity contribution >= 4 is 41.7 Å².